The summed E-state index contributed by atoms with van der Waals surface area (Å²) < 4.78 is 70.3. The number of hydrogen-bond acceptors (Lipinski definition) is 5. The van der Waals surface area contributed by atoms with Crippen LogP contribution in [0.4, 0.5) is 13.2 Å². The summed E-state index contributed by atoms with van der Waals surface area (Å²) in [4.78, 5) is 4.39. The van der Waals surface area contributed by atoms with Crippen LogP contribution in [0.25, 0.3) is 10.2 Å². The van der Waals surface area contributed by atoms with Crippen LogP contribution in [-0.4, -0.2) is 50.2 Å². The third-order valence-electron chi connectivity index (χ3n) is 3.44. The minimum atomic E-state index is -4.62. The van der Waals surface area contributed by atoms with E-state index in [1.807, 2.05) is 18.2 Å². The van der Waals surface area contributed by atoms with E-state index in [4.69, 9.17) is 4.74 Å². The molecular formula is C13H14F3N3O3S2. The summed E-state index contributed by atoms with van der Waals surface area (Å²) in [7, 11) is -4.30. The summed E-state index contributed by atoms with van der Waals surface area (Å²) in [5.41, 5.74) is 0.712. The molecule has 11 heteroatoms. The maximum Gasteiger partial charge on any atom is 0.402 e. The van der Waals surface area contributed by atoms with Crippen LogP contribution in [0.2, 0.25) is 0 Å². The zero-order valence-corrected chi connectivity index (χ0v) is 13.9. The number of rotatable bonds is 4. The Balaban J connectivity index is 1.87. The number of fused-ring (bicyclic) bond motifs is 1. The van der Waals surface area contributed by atoms with Crippen molar-refractivity contribution in [2.24, 2.45) is 0 Å². The van der Waals surface area contributed by atoms with Crippen LogP contribution in [-0.2, 0) is 14.9 Å². The Labute approximate surface area is 140 Å². The lowest BCUT2D eigenvalue weighted by Gasteiger charge is -2.33. The SMILES string of the molecule is O=S(=O)(NCC(F)(F)F)N1CCOCC1c1nc2ccccc2s1. The lowest BCUT2D eigenvalue weighted by atomic mass is 10.3. The predicted molar refractivity (Wildman–Crippen MR) is 82.9 cm³/mol. The maximum absolute atomic E-state index is 12.3. The van der Waals surface area contributed by atoms with Crippen molar-refractivity contribution in [3.05, 3.63) is 29.3 Å². The number of morpholine rings is 1. The van der Waals surface area contributed by atoms with Crippen LogP contribution in [0.1, 0.15) is 11.0 Å². The topological polar surface area (TPSA) is 71.5 Å². The molecule has 6 nitrogen and oxygen atoms in total. The number of benzene rings is 1. The Morgan fingerprint density at radius 1 is 1.38 bits per heavy atom. The molecule has 0 saturated carbocycles. The molecule has 0 spiro atoms. The zero-order valence-electron chi connectivity index (χ0n) is 12.3. The number of aromatic nitrogens is 1. The van der Waals surface area contributed by atoms with E-state index in [1.54, 1.807) is 10.8 Å². The molecule has 0 amide bonds. The summed E-state index contributed by atoms with van der Waals surface area (Å²) in [5, 5.41) is 0.494. The molecule has 1 saturated heterocycles. The second kappa shape index (κ2) is 6.56. The van der Waals surface area contributed by atoms with Gasteiger partial charge >= 0.3 is 6.18 Å². The molecule has 1 aromatic heterocycles. The Hall–Kier alpha value is -1.27. The van der Waals surface area contributed by atoms with Crippen molar-refractivity contribution in [2.45, 2.75) is 12.2 Å². The van der Waals surface area contributed by atoms with Gasteiger partial charge in [-0.25, -0.2) is 4.98 Å². The van der Waals surface area contributed by atoms with Crippen molar-refractivity contribution >= 4 is 31.8 Å². The summed E-state index contributed by atoms with van der Waals surface area (Å²) in [6, 6.07) is 6.53. The van der Waals surface area contributed by atoms with Gasteiger partial charge in [-0.3, -0.25) is 0 Å². The van der Waals surface area contributed by atoms with Crippen LogP contribution in [0.5, 0.6) is 0 Å². The summed E-state index contributed by atoms with van der Waals surface area (Å²) in [6.45, 7) is -1.48. The summed E-state index contributed by atoms with van der Waals surface area (Å²) in [6.07, 6.45) is -4.62. The van der Waals surface area contributed by atoms with Crippen LogP contribution in [0.3, 0.4) is 0 Å². The zero-order chi connectivity index (χ0) is 17.4. The molecule has 3 rings (SSSR count). The van der Waals surface area contributed by atoms with E-state index in [2.05, 4.69) is 4.98 Å². The molecule has 1 aromatic carbocycles. The van der Waals surface area contributed by atoms with E-state index in [1.165, 1.54) is 11.3 Å². The average molecular weight is 381 g/mol. The number of alkyl halides is 3. The smallest absolute Gasteiger partial charge is 0.378 e. The molecular weight excluding hydrogens is 367 g/mol. The number of para-hydroxylation sites is 1. The van der Waals surface area contributed by atoms with Gasteiger partial charge in [0.05, 0.1) is 23.4 Å². The van der Waals surface area contributed by atoms with Gasteiger partial charge < -0.3 is 4.74 Å². The Bertz CT molecular complexity index is 789. The van der Waals surface area contributed by atoms with Crippen molar-refractivity contribution < 1.29 is 26.3 Å². The van der Waals surface area contributed by atoms with E-state index >= 15 is 0 Å². The van der Waals surface area contributed by atoms with Gasteiger partial charge in [0.1, 0.15) is 17.6 Å². The van der Waals surface area contributed by atoms with Gasteiger partial charge in [0, 0.05) is 6.54 Å². The van der Waals surface area contributed by atoms with Crippen LogP contribution in [0.15, 0.2) is 24.3 Å². The molecule has 132 valence electrons. The second-order valence-corrected chi connectivity index (χ2v) is 7.93. The number of ether oxygens (including phenoxy) is 1. The molecule has 2 aromatic rings. The van der Waals surface area contributed by atoms with Gasteiger partial charge in [0.25, 0.3) is 10.2 Å². The summed E-state index contributed by atoms with van der Waals surface area (Å²) >= 11 is 1.30. The second-order valence-electron chi connectivity index (χ2n) is 5.16. The Morgan fingerprint density at radius 2 is 2.12 bits per heavy atom. The molecule has 1 unspecified atom stereocenters. The molecule has 24 heavy (non-hydrogen) atoms. The van der Waals surface area contributed by atoms with Gasteiger partial charge in [-0.15, -0.1) is 11.3 Å². The Morgan fingerprint density at radius 3 is 2.83 bits per heavy atom. The third kappa shape index (κ3) is 3.86. The average Bonchev–Trinajstić information content (AvgIpc) is 2.96. The number of hydrogen-bond donors (Lipinski definition) is 1. The molecule has 0 radical (unpaired) electrons. The minimum Gasteiger partial charge on any atom is -0.378 e. The standard InChI is InChI=1S/C13H14F3N3O3S2/c14-13(15,16)8-17-24(20,21)19-5-6-22-7-10(19)12-18-9-3-1-2-4-11(9)23-12/h1-4,10,17H,5-8H2. The molecule has 0 aliphatic carbocycles. The molecule has 2 heterocycles. The molecule has 0 bridgehead atoms. The number of thiazole rings is 1. The molecule has 1 atom stereocenters. The van der Waals surface area contributed by atoms with Crippen molar-refractivity contribution in [3.63, 3.8) is 0 Å². The highest BCUT2D eigenvalue weighted by Crippen LogP contribution is 2.32. The molecule has 1 aliphatic heterocycles. The van der Waals surface area contributed by atoms with E-state index in [9.17, 15) is 21.6 Å². The minimum absolute atomic E-state index is 0.0339. The van der Waals surface area contributed by atoms with E-state index in [0.29, 0.717) is 10.5 Å². The van der Waals surface area contributed by atoms with Gasteiger partial charge in [0.2, 0.25) is 0 Å². The van der Waals surface area contributed by atoms with Crippen LogP contribution >= 0.6 is 11.3 Å². The first-order valence-electron chi connectivity index (χ1n) is 7.03. The first-order valence-corrected chi connectivity index (χ1v) is 9.28. The van der Waals surface area contributed by atoms with Crippen molar-refractivity contribution in [3.8, 4) is 0 Å². The van der Waals surface area contributed by atoms with Crippen LogP contribution < -0.4 is 4.72 Å². The predicted octanol–water partition coefficient (Wildman–Crippen LogP) is 2.07. The number of nitrogens with zero attached hydrogens (tertiary/aromatic N) is 2. The fraction of sp³-hybridized carbons (Fsp3) is 0.462. The van der Waals surface area contributed by atoms with Crippen molar-refractivity contribution in [1.82, 2.24) is 14.0 Å². The quantitative estimate of drug-likeness (QED) is 0.880. The number of halogens is 3. The monoisotopic (exact) mass is 381 g/mol. The normalized spacial score (nSPS) is 20.5. The van der Waals surface area contributed by atoms with E-state index in [-0.39, 0.29) is 19.8 Å². The maximum atomic E-state index is 12.3. The van der Waals surface area contributed by atoms with Crippen LogP contribution in [0, 0.1) is 0 Å². The fourth-order valence-electron chi connectivity index (χ4n) is 2.36. The fourth-order valence-corrected chi connectivity index (χ4v) is 4.81. The van der Waals surface area contributed by atoms with Gasteiger partial charge in [-0.2, -0.15) is 30.6 Å². The lowest BCUT2D eigenvalue weighted by molar-refractivity contribution is -0.121. The van der Waals surface area contributed by atoms with Gasteiger partial charge in [-0.05, 0) is 12.1 Å². The Kier molecular flexibility index (Phi) is 4.80. The largest absolute Gasteiger partial charge is 0.402 e. The third-order valence-corrected chi connectivity index (χ3v) is 6.14. The first kappa shape index (κ1) is 17.5. The summed E-state index contributed by atoms with van der Waals surface area (Å²) in [5.74, 6) is 0. The van der Waals surface area contributed by atoms with Crippen molar-refractivity contribution in [2.75, 3.05) is 26.3 Å². The highest BCUT2D eigenvalue weighted by Gasteiger charge is 2.38. The molecule has 1 fully saturated rings. The van der Waals surface area contributed by atoms with Crippen molar-refractivity contribution in [1.29, 1.82) is 0 Å². The van der Waals surface area contributed by atoms with Gasteiger partial charge in [-0.1, -0.05) is 12.1 Å². The number of nitrogens with one attached hydrogen (secondary N) is 1. The lowest BCUT2D eigenvalue weighted by Crippen LogP contribution is -2.50. The van der Waals surface area contributed by atoms with E-state index < -0.39 is 29.0 Å². The van der Waals surface area contributed by atoms with E-state index in [0.717, 1.165) is 9.01 Å². The molecule has 1 aliphatic rings. The van der Waals surface area contributed by atoms with Gasteiger partial charge in [0.15, 0.2) is 0 Å². The highest BCUT2D eigenvalue weighted by atomic mass is 32.2. The molecule has 1 N–H and O–H groups in total. The highest BCUT2D eigenvalue weighted by molar-refractivity contribution is 7.87. The first-order chi connectivity index (χ1) is 11.3.